The van der Waals surface area contributed by atoms with Gasteiger partial charge in [-0.05, 0) is 48.9 Å². The van der Waals surface area contributed by atoms with Gasteiger partial charge in [-0.25, -0.2) is 4.98 Å². The average Bonchev–Trinajstić information content (AvgIpc) is 2.73. The predicted molar refractivity (Wildman–Crippen MR) is 110 cm³/mol. The smallest absolute Gasteiger partial charge is 0.163 e. The second kappa shape index (κ2) is 6.93. The first-order valence-electron chi connectivity index (χ1n) is 8.74. The van der Waals surface area contributed by atoms with Crippen molar-refractivity contribution in [2.75, 3.05) is 5.73 Å². The zero-order valence-electron chi connectivity index (χ0n) is 15.2. The van der Waals surface area contributed by atoms with E-state index in [1.807, 2.05) is 36.4 Å². The molecule has 0 aliphatic rings. The van der Waals surface area contributed by atoms with Crippen LogP contribution in [0.15, 0.2) is 66.9 Å². The molecule has 0 aliphatic heterocycles. The molecule has 28 heavy (non-hydrogen) atoms. The van der Waals surface area contributed by atoms with Crippen LogP contribution in [-0.4, -0.2) is 15.8 Å². The van der Waals surface area contributed by atoms with Gasteiger partial charge in [-0.2, -0.15) is 5.26 Å². The molecular weight excluding hydrogens is 348 g/mol. The SMILES string of the molecule is CC(=O)c1cc(-c2ccc3ncccc3c2)c(-c2cccc(C#N)c2)nc1N. The summed E-state index contributed by atoms with van der Waals surface area (Å²) >= 11 is 0. The molecule has 0 saturated carbocycles. The van der Waals surface area contributed by atoms with Gasteiger partial charge >= 0.3 is 0 Å². The lowest BCUT2D eigenvalue weighted by Crippen LogP contribution is -2.05. The molecule has 5 heteroatoms. The van der Waals surface area contributed by atoms with Crippen molar-refractivity contribution in [2.24, 2.45) is 0 Å². The number of hydrogen-bond donors (Lipinski definition) is 1. The molecule has 4 aromatic rings. The van der Waals surface area contributed by atoms with Gasteiger partial charge in [-0.3, -0.25) is 9.78 Å². The minimum atomic E-state index is -0.147. The van der Waals surface area contributed by atoms with Crippen molar-refractivity contribution in [2.45, 2.75) is 6.92 Å². The molecule has 2 aromatic carbocycles. The van der Waals surface area contributed by atoms with Gasteiger partial charge in [0, 0.05) is 22.7 Å². The Labute approximate surface area is 162 Å². The van der Waals surface area contributed by atoms with Crippen molar-refractivity contribution in [1.82, 2.24) is 9.97 Å². The van der Waals surface area contributed by atoms with E-state index < -0.39 is 0 Å². The van der Waals surface area contributed by atoms with Crippen LogP contribution in [0.5, 0.6) is 0 Å². The molecule has 0 atom stereocenters. The summed E-state index contributed by atoms with van der Waals surface area (Å²) in [6.45, 7) is 1.47. The lowest BCUT2D eigenvalue weighted by atomic mass is 9.95. The maximum Gasteiger partial charge on any atom is 0.163 e. The molecule has 0 spiro atoms. The fourth-order valence-corrected chi connectivity index (χ4v) is 3.23. The van der Waals surface area contributed by atoms with E-state index in [2.05, 4.69) is 16.0 Å². The number of nitrogens with zero attached hydrogens (tertiary/aromatic N) is 3. The molecule has 2 aromatic heterocycles. The molecule has 5 nitrogen and oxygen atoms in total. The first-order valence-corrected chi connectivity index (χ1v) is 8.74. The number of fused-ring (bicyclic) bond motifs is 1. The molecule has 2 N–H and O–H groups in total. The number of pyridine rings is 2. The number of carbonyl (C=O) groups is 1. The number of nitrogens with two attached hydrogens (primary N) is 1. The van der Waals surface area contributed by atoms with Gasteiger partial charge in [-0.15, -0.1) is 0 Å². The maximum absolute atomic E-state index is 12.0. The number of nitrogen functional groups attached to an aromatic ring is 1. The van der Waals surface area contributed by atoms with Crippen molar-refractivity contribution in [1.29, 1.82) is 5.26 Å². The van der Waals surface area contributed by atoms with Crippen LogP contribution in [-0.2, 0) is 0 Å². The summed E-state index contributed by atoms with van der Waals surface area (Å²) < 4.78 is 0. The van der Waals surface area contributed by atoms with E-state index >= 15 is 0 Å². The van der Waals surface area contributed by atoms with Gasteiger partial charge < -0.3 is 5.73 Å². The summed E-state index contributed by atoms with van der Waals surface area (Å²) in [4.78, 5) is 20.9. The fourth-order valence-electron chi connectivity index (χ4n) is 3.23. The number of ketones is 1. The van der Waals surface area contributed by atoms with Crippen LogP contribution in [0.25, 0.3) is 33.3 Å². The summed E-state index contributed by atoms with van der Waals surface area (Å²) in [5.41, 5.74) is 10.9. The zero-order chi connectivity index (χ0) is 19.7. The van der Waals surface area contributed by atoms with E-state index in [9.17, 15) is 10.1 Å². The van der Waals surface area contributed by atoms with E-state index in [1.165, 1.54) is 6.92 Å². The number of nitriles is 1. The van der Waals surface area contributed by atoms with Crippen molar-refractivity contribution < 1.29 is 4.79 Å². The summed E-state index contributed by atoms with van der Waals surface area (Å²) in [6, 6.07) is 20.9. The summed E-state index contributed by atoms with van der Waals surface area (Å²) in [5, 5.41) is 10.2. The first-order chi connectivity index (χ1) is 13.6. The summed E-state index contributed by atoms with van der Waals surface area (Å²) in [5.74, 6) is 0.0297. The van der Waals surface area contributed by atoms with Crippen molar-refractivity contribution >= 4 is 22.5 Å². The Hall–Kier alpha value is -4.04. The van der Waals surface area contributed by atoms with Crippen LogP contribution in [0.3, 0.4) is 0 Å². The van der Waals surface area contributed by atoms with Crippen LogP contribution in [0.2, 0.25) is 0 Å². The quantitative estimate of drug-likeness (QED) is 0.535. The van der Waals surface area contributed by atoms with Gasteiger partial charge in [0.15, 0.2) is 5.78 Å². The van der Waals surface area contributed by atoms with Crippen molar-refractivity contribution in [3.05, 3.63) is 78.0 Å². The third kappa shape index (κ3) is 3.08. The van der Waals surface area contributed by atoms with Gasteiger partial charge in [0.25, 0.3) is 0 Å². The van der Waals surface area contributed by atoms with Gasteiger partial charge in [0.1, 0.15) is 5.82 Å². The van der Waals surface area contributed by atoms with E-state index in [1.54, 1.807) is 30.5 Å². The van der Waals surface area contributed by atoms with Crippen LogP contribution in [0, 0.1) is 11.3 Å². The average molecular weight is 364 g/mol. The highest BCUT2D eigenvalue weighted by Crippen LogP contribution is 2.35. The Bertz CT molecular complexity index is 1270. The Morgan fingerprint density at radius 2 is 1.89 bits per heavy atom. The highest BCUT2D eigenvalue weighted by atomic mass is 16.1. The minimum absolute atomic E-state index is 0.147. The number of rotatable bonds is 3. The Kier molecular flexibility index (Phi) is 4.30. The van der Waals surface area contributed by atoms with Gasteiger partial charge in [-0.1, -0.05) is 24.3 Å². The van der Waals surface area contributed by atoms with Gasteiger partial charge in [0.2, 0.25) is 0 Å². The molecule has 0 radical (unpaired) electrons. The fraction of sp³-hybridized carbons (Fsp3) is 0.0435. The molecule has 0 amide bonds. The van der Waals surface area contributed by atoms with E-state index in [4.69, 9.17) is 5.73 Å². The number of hydrogen-bond acceptors (Lipinski definition) is 5. The van der Waals surface area contributed by atoms with Gasteiger partial charge in [0.05, 0.1) is 28.4 Å². The Morgan fingerprint density at radius 3 is 2.68 bits per heavy atom. The summed E-state index contributed by atoms with van der Waals surface area (Å²) in [7, 11) is 0. The summed E-state index contributed by atoms with van der Waals surface area (Å²) in [6.07, 6.45) is 1.75. The lowest BCUT2D eigenvalue weighted by molar-refractivity contribution is 0.101. The largest absolute Gasteiger partial charge is 0.383 e. The molecule has 0 saturated heterocycles. The van der Waals surface area contributed by atoms with E-state index in [0.29, 0.717) is 16.8 Å². The maximum atomic E-state index is 12.0. The van der Waals surface area contributed by atoms with Crippen molar-refractivity contribution in [3.63, 3.8) is 0 Å². The Balaban J connectivity index is 2.01. The predicted octanol–water partition coefficient (Wildman–Crippen LogP) is 4.62. The number of carbonyl (C=O) groups excluding carboxylic acids is 1. The monoisotopic (exact) mass is 364 g/mol. The molecule has 4 rings (SSSR count). The topological polar surface area (TPSA) is 92.7 Å². The number of aromatic nitrogens is 2. The zero-order valence-corrected chi connectivity index (χ0v) is 15.2. The van der Waals surface area contributed by atoms with Crippen LogP contribution < -0.4 is 5.73 Å². The van der Waals surface area contributed by atoms with E-state index in [0.717, 1.165) is 27.6 Å². The molecule has 2 heterocycles. The van der Waals surface area contributed by atoms with Crippen LogP contribution in [0.4, 0.5) is 5.82 Å². The standard InChI is InChI=1S/C23H16N4O/c1-14(28)19-12-20(16-7-8-21-17(11-16)6-3-9-26-21)22(27-23(19)25)18-5-2-4-15(10-18)13-24/h2-12H,1H3,(H2,25,27). The molecule has 0 fully saturated rings. The highest BCUT2D eigenvalue weighted by Gasteiger charge is 2.16. The van der Waals surface area contributed by atoms with Crippen LogP contribution in [0.1, 0.15) is 22.8 Å². The highest BCUT2D eigenvalue weighted by molar-refractivity contribution is 6.01. The molecule has 0 unspecified atom stereocenters. The third-order valence-corrected chi connectivity index (χ3v) is 4.61. The third-order valence-electron chi connectivity index (χ3n) is 4.61. The number of Topliss-reactive ketones (excluding diaryl/α,β-unsaturated/α-hetero) is 1. The second-order valence-electron chi connectivity index (χ2n) is 6.48. The lowest BCUT2D eigenvalue weighted by Gasteiger charge is -2.14. The molecule has 0 aliphatic carbocycles. The Morgan fingerprint density at radius 1 is 1.04 bits per heavy atom. The van der Waals surface area contributed by atoms with E-state index in [-0.39, 0.29) is 11.6 Å². The first kappa shape index (κ1) is 17.4. The second-order valence-corrected chi connectivity index (χ2v) is 6.48. The molecular formula is C23H16N4O. The molecule has 134 valence electrons. The molecule has 0 bridgehead atoms. The minimum Gasteiger partial charge on any atom is -0.383 e. The van der Waals surface area contributed by atoms with Crippen LogP contribution >= 0.6 is 0 Å². The van der Waals surface area contributed by atoms with Crippen molar-refractivity contribution in [3.8, 4) is 28.5 Å². The number of benzene rings is 2. The normalized spacial score (nSPS) is 10.6. The number of anilines is 1.